The van der Waals surface area contributed by atoms with E-state index >= 15 is 0 Å². The maximum absolute atomic E-state index is 12.8. The van der Waals surface area contributed by atoms with E-state index < -0.39 is 11.2 Å². The summed E-state index contributed by atoms with van der Waals surface area (Å²) in [5.74, 6) is 0.313. The molecule has 4 rings (SSSR count). The number of hydrogen-bond donors (Lipinski definition) is 1. The topological polar surface area (TPSA) is 88.1 Å². The van der Waals surface area contributed by atoms with Gasteiger partial charge in [-0.15, -0.1) is 11.3 Å². The van der Waals surface area contributed by atoms with Crippen LogP contribution in [0.4, 0.5) is 0 Å². The number of nitrogens with one attached hydrogen (secondary N) is 1. The molecule has 1 atom stereocenters. The summed E-state index contributed by atoms with van der Waals surface area (Å²) in [5.41, 5.74) is 0.693. The lowest BCUT2D eigenvalue weighted by Crippen LogP contribution is -2.40. The highest BCUT2D eigenvalue weighted by Crippen LogP contribution is 2.29. The monoisotopic (exact) mass is 398 g/mol. The average Bonchev–Trinajstić information content (AvgIpc) is 3.14. The SMILES string of the molecule is Cc1csc(C2CCCN(C(=O)CCn3c(=O)[nH]c(=O)c4ccccc43)C2)n1. The Morgan fingerprint density at radius 1 is 1.32 bits per heavy atom. The number of thiazole rings is 1. The number of carbonyl (C=O) groups is 1. The first-order valence-electron chi connectivity index (χ1n) is 9.44. The van der Waals surface area contributed by atoms with E-state index in [0.717, 1.165) is 30.1 Å². The molecule has 1 N–H and O–H groups in total. The fourth-order valence-electron chi connectivity index (χ4n) is 3.79. The minimum Gasteiger partial charge on any atom is -0.342 e. The van der Waals surface area contributed by atoms with E-state index in [9.17, 15) is 14.4 Å². The van der Waals surface area contributed by atoms with Crippen molar-refractivity contribution in [1.29, 1.82) is 0 Å². The first-order valence-corrected chi connectivity index (χ1v) is 10.3. The van der Waals surface area contributed by atoms with Crippen LogP contribution in [0.3, 0.4) is 0 Å². The summed E-state index contributed by atoms with van der Waals surface area (Å²) in [5, 5.41) is 3.59. The van der Waals surface area contributed by atoms with Gasteiger partial charge in [-0.1, -0.05) is 12.1 Å². The predicted octanol–water partition coefficient (Wildman–Crippen LogP) is 2.25. The lowest BCUT2D eigenvalue weighted by Gasteiger charge is -2.32. The number of aromatic nitrogens is 3. The summed E-state index contributed by atoms with van der Waals surface area (Å²) in [7, 11) is 0. The van der Waals surface area contributed by atoms with Gasteiger partial charge in [0.25, 0.3) is 5.56 Å². The molecule has 3 heterocycles. The number of likely N-dealkylation sites (tertiary alicyclic amines) is 1. The van der Waals surface area contributed by atoms with Gasteiger partial charge in [-0.05, 0) is 31.9 Å². The number of nitrogens with zero attached hydrogens (tertiary/aromatic N) is 3. The van der Waals surface area contributed by atoms with E-state index in [1.54, 1.807) is 35.6 Å². The Labute approximate surface area is 165 Å². The molecule has 1 unspecified atom stereocenters. The normalized spacial score (nSPS) is 17.2. The number of aryl methyl sites for hydroxylation is 2. The molecule has 146 valence electrons. The summed E-state index contributed by atoms with van der Waals surface area (Å²) < 4.78 is 1.47. The number of benzene rings is 1. The van der Waals surface area contributed by atoms with E-state index in [-0.39, 0.29) is 24.8 Å². The van der Waals surface area contributed by atoms with Crippen molar-refractivity contribution < 1.29 is 4.79 Å². The predicted molar refractivity (Wildman–Crippen MR) is 109 cm³/mol. The van der Waals surface area contributed by atoms with Crippen LogP contribution in [0.2, 0.25) is 0 Å². The Hall–Kier alpha value is -2.74. The highest BCUT2D eigenvalue weighted by Gasteiger charge is 2.26. The van der Waals surface area contributed by atoms with E-state index in [0.29, 0.717) is 17.4 Å². The number of fused-ring (bicyclic) bond motifs is 1. The molecule has 28 heavy (non-hydrogen) atoms. The number of H-pyrrole nitrogens is 1. The lowest BCUT2D eigenvalue weighted by atomic mass is 9.98. The number of amides is 1. The zero-order chi connectivity index (χ0) is 19.7. The molecule has 0 spiro atoms. The van der Waals surface area contributed by atoms with Crippen molar-refractivity contribution in [1.82, 2.24) is 19.4 Å². The van der Waals surface area contributed by atoms with Crippen molar-refractivity contribution in [2.45, 2.75) is 38.6 Å². The van der Waals surface area contributed by atoms with E-state index in [2.05, 4.69) is 9.97 Å². The molecule has 0 aliphatic carbocycles. The number of piperidine rings is 1. The number of rotatable bonds is 4. The maximum atomic E-state index is 12.8. The van der Waals surface area contributed by atoms with Crippen molar-refractivity contribution in [2.75, 3.05) is 13.1 Å². The standard InChI is InChI=1S/C20H22N4O3S/c1-13-12-28-19(21-13)14-5-4-9-23(11-14)17(25)8-10-24-16-7-3-2-6-15(16)18(26)22-20(24)27/h2-3,6-7,12,14H,4-5,8-11H2,1H3,(H,22,26,27). The molecule has 1 aromatic carbocycles. The van der Waals surface area contributed by atoms with Gasteiger partial charge in [-0.25, -0.2) is 9.78 Å². The molecule has 3 aromatic rings. The third kappa shape index (κ3) is 3.64. The van der Waals surface area contributed by atoms with Gasteiger partial charge < -0.3 is 4.90 Å². The van der Waals surface area contributed by atoms with Crippen LogP contribution in [0, 0.1) is 6.92 Å². The van der Waals surface area contributed by atoms with Crippen LogP contribution in [-0.2, 0) is 11.3 Å². The van der Waals surface area contributed by atoms with Crippen LogP contribution in [0.5, 0.6) is 0 Å². The molecule has 0 radical (unpaired) electrons. The molecular formula is C20H22N4O3S. The molecule has 2 aromatic heterocycles. The summed E-state index contributed by atoms with van der Waals surface area (Å²) in [4.78, 5) is 45.8. The first-order chi connectivity index (χ1) is 13.5. The van der Waals surface area contributed by atoms with Gasteiger partial charge in [0.05, 0.1) is 15.9 Å². The van der Waals surface area contributed by atoms with E-state index in [1.165, 1.54) is 4.57 Å². The van der Waals surface area contributed by atoms with Crippen LogP contribution in [0.1, 0.15) is 35.9 Å². The average molecular weight is 398 g/mol. The largest absolute Gasteiger partial charge is 0.342 e. The molecule has 8 heteroatoms. The summed E-state index contributed by atoms with van der Waals surface area (Å²) >= 11 is 1.66. The third-order valence-electron chi connectivity index (χ3n) is 5.21. The zero-order valence-electron chi connectivity index (χ0n) is 15.7. The highest BCUT2D eigenvalue weighted by molar-refractivity contribution is 7.09. The second-order valence-electron chi connectivity index (χ2n) is 7.18. The molecule has 1 saturated heterocycles. The minimum atomic E-state index is -0.480. The second-order valence-corrected chi connectivity index (χ2v) is 8.07. The number of para-hydroxylation sites is 1. The number of aromatic amines is 1. The fourth-order valence-corrected chi connectivity index (χ4v) is 4.72. The molecule has 7 nitrogen and oxygen atoms in total. The smallest absolute Gasteiger partial charge is 0.328 e. The van der Waals surface area contributed by atoms with Gasteiger partial charge in [0, 0.05) is 43.0 Å². The summed E-state index contributed by atoms with van der Waals surface area (Å²) in [6, 6.07) is 6.95. The number of hydrogen-bond acceptors (Lipinski definition) is 5. The zero-order valence-corrected chi connectivity index (χ0v) is 16.5. The Morgan fingerprint density at radius 3 is 2.93 bits per heavy atom. The van der Waals surface area contributed by atoms with Crippen LogP contribution >= 0.6 is 11.3 Å². The van der Waals surface area contributed by atoms with Crippen LogP contribution in [-0.4, -0.2) is 38.4 Å². The Balaban J connectivity index is 1.48. The number of carbonyl (C=O) groups excluding carboxylic acids is 1. The van der Waals surface area contributed by atoms with Crippen LogP contribution in [0.25, 0.3) is 10.9 Å². The molecule has 0 saturated carbocycles. The minimum absolute atomic E-state index is 0.0279. The van der Waals surface area contributed by atoms with Gasteiger partial charge in [0.2, 0.25) is 5.91 Å². The Morgan fingerprint density at radius 2 is 2.14 bits per heavy atom. The van der Waals surface area contributed by atoms with Gasteiger partial charge >= 0.3 is 5.69 Å². The highest BCUT2D eigenvalue weighted by atomic mass is 32.1. The molecule has 0 bridgehead atoms. The van der Waals surface area contributed by atoms with Crippen molar-refractivity contribution >= 4 is 28.1 Å². The summed E-state index contributed by atoms with van der Waals surface area (Å²) in [6.07, 6.45) is 2.22. The molecular weight excluding hydrogens is 376 g/mol. The molecule has 1 amide bonds. The summed E-state index contributed by atoms with van der Waals surface area (Å²) in [6.45, 7) is 3.64. The molecule has 1 aliphatic heterocycles. The Kier molecular flexibility index (Phi) is 5.13. The Bertz CT molecular complexity index is 1130. The van der Waals surface area contributed by atoms with Gasteiger partial charge in [0.1, 0.15) is 0 Å². The van der Waals surface area contributed by atoms with E-state index in [4.69, 9.17) is 0 Å². The van der Waals surface area contributed by atoms with Gasteiger partial charge in [-0.2, -0.15) is 0 Å². The van der Waals surface area contributed by atoms with Crippen LogP contribution in [0.15, 0.2) is 39.2 Å². The van der Waals surface area contributed by atoms with Crippen molar-refractivity contribution in [3.05, 3.63) is 61.2 Å². The lowest BCUT2D eigenvalue weighted by molar-refractivity contribution is -0.132. The maximum Gasteiger partial charge on any atom is 0.328 e. The van der Waals surface area contributed by atoms with Crippen LogP contribution < -0.4 is 11.2 Å². The van der Waals surface area contributed by atoms with Crippen molar-refractivity contribution in [3.8, 4) is 0 Å². The van der Waals surface area contributed by atoms with Crippen molar-refractivity contribution in [2.24, 2.45) is 0 Å². The first kappa shape index (κ1) is 18.6. The van der Waals surface area contributed by atoms with Gasteiger partial charge in [0.15, 0.2) is 0 Å². The van der Waals surface area contributed by atoms with Gasteiger partial charge in [-0.3, -0.25) is 19.1 Å². The molecule has 1 aliphatic rings. The quantitative estimate of drug-likeness (QED) is 0.730. The molecule has 1 fully saturated rings. The van der Waals surface area contributed by atoms with Crippen molar-refractivity contribution in [3.63, 3.8) is 0 Å². The second kappa shape index (κ2) is 7.71. The third-order valence-corrected chi connectivity index (χ3v) is 6.34. The van der Waals surface area contributed by atoms with E-state index in [1.807, 2.05) is 17.2 Å². The fraction of sp³-hybridized carbons (Fsp3) is 0.400.